The number of nitrogens with zero attached hydrogens (tertiary/aromatic N) is 2. The lowest BCUT2D eigenvalue weighted by Gasteiger charge is -2.30. The van der Waals surface area contributed by atoms with Gasteiger partial charge in [0, 0.05) is 29.1 Å². The molecular weight excluding hydrogens is 502 g/mol. The fraction of sp³-hybridized carbons (Fsp3) is 0.273. The molecule has 2 aromatic carbocycles. The van der Waals surface area contributed by atoms with E-state index in [1.165, 1.54) is 43.1 Å². The first-order valence-electron chi connectivity index (χ1n) is 10.1. The average molecular weight is 526 g/mol. The molecule has 0 saturated carbocycles. The van der Waals surface area contributed by atoms with Gasteiger partial charge in [0.2, 0.25) is 10.0 Å². The van der Waals surface area contributed by atoms with Gasteiger partial charge in [-0.1, -0.05) is 23.7 Å². The molecule has 3 aromatic rings. The van der Waals surface area contributed by atoms with Crippen LogP contribution in [0.15, 0.2) is 64.0 Å². The van der Waals surface area contributed by atoms with E-state index >= 15 is 0 Å². The van der Waals surface area contributed by atoms with Crippen molar-refractivity contribution in [1.29, 1.82) is 0 Å². The maximum atomic E-state index is 13.3. The van der Waals surface area contributed by atoms with Crippen molar-refractivity contribution >= 4 is 39.3 Å². The van der Waals surface area contributed by atoms with Gasteiger partial charge in [-0.15, -0.1) is 0 Å². The predicted molar refractivity (Wildman–Crippen MR) is 129 cm³/mol. The lowest BCUT2D eigenvalue weighted by molar-refractivity contribution is -0.132. The summed E-state index contributed by atoms with van der Waals surface area (Å²) in [6.07, 6.45) is 0. The van der Waals surface area contributed by atoms with E-state index < -0.39 is 27.2 Å². The summed E-state index contributed by atoms with van der Waals surface area (Å²) in [5.41, 5.74) is 2.24. The first-order chi connectivity index (χ1) is 16.1. The Morgan fingerprint density at radius 1 is 1.21 bits per heavy atom. The molecule has 0 aliphatic carbocycles. The van der Waals surface area contributed by atoms with Crippen LogP contribution in [0.5, 0.6) is 11.5 Å². The van der Waals surface area contributed by atoms with Crippen molar-refractivity contribution in [2.75, 3.05) is 7.05 Å². The fourth-order valence-electron chi connectivity index (χ4n) is 3.17. The summed E-state index contributed by atoms with van der Waals surface area (Å²) in [6.45, 7) is 3.46. The van der Waals surface area contributed by atoms with Crippen molar-refractivity contribution < 1.29 is 27.7 Å². The summed E-state index contributed by atoms with van der Waals surface area (Å²) < 4.78 is 38.2. The number of rotatable bonds is 10. The van der Waals surface area contributed by atoms with Gasteiger partial charge >= 0.3 is 0 Å². The van der Waals surface area contributed by atoms with Gasteiger partial charge in [0.05, 0.1) is 10.6 Å². The number of aromatic nitrogens is 1. The van der Waals surface area contributed by atoms with Crippen LogP contribution < -0.4 is 10.2 Å². The maximum absolute atomic E-state index is 13.3. The number of ether oxygens (including phenoxy) is 1. The van der Waals surface area contributed by atoms with Gasteiger partial charge in [-0.3, -0.25) is 10.0 Å². The van der Waals surface area contributed by atoms with Crippen molar-refractivity contribution in [3.63, 3.8) is 0 Å². The molecule has 3 rings (SSSR count). The molecule has 2 N–H and O–H groups in total. The zero-order chi connectivity index (χ0) is 24.9. The highest BCUT2D eigenvalue weighted by Gasteiger charge is 2.37. The zero-order valence-corrected chi connectivity index (χ0v) is 21.0. The standard InChI is InChI=1S/C22H24ClN3O6S2/c1-14-12-17(25-32-14)13-33-15(2)21(22(27)24-28)26(3)34(29,30)20-10-8-19(9-11-20)31-18-6-4-16(23)5-7-18/h4-12,15,21,28H,13H2,1-3H3,(H,24,27). The number of benzene rings is 2. The zero-order valence-electron chi connectivity index (χ0n) is 18.6. The summed E-state index contributed by atoms with van der Waals surface area (Å²) in [4.78, 5) is 12.4. The molecule has 1 amide bonds. The van der Waals surface area contributed by atoms with E-state index in [-0.39, 0.29) is 4.90 Å². The number of halogens is 1. The topological polar surface area (TPSA) is 122 Å². The highest BCUT2D eigenvalue weighted by atomic mass is 35.5. The fourth-order valence-corrected chi connectivity index (χ4v) is 5.82. The Hall–Kier alpha value is -2.57. The molecule has 0 aliphatic rings. The van der Waals surface area contributed by atoms with Gasteiger partial charge < -0.3 is 9.26 Å². The van der Waals surface area contributed by atoms with Crippen molar-refractivity contribution in [1.82, 2.24) is 14.9 Å². The molecule has 182 valence electrons. The number of aryl methyl sites for hydroxylation is 1. The van der Waals surface area contributed by atoms with E-state index in [0.717, 1.165) is 4.31 Å². The minimum Gasteiger partial charge on any atom is -0.457 e. The largest absolute Gasteiger partial charge is 0.457 e. The first kappa shape index (κ1) is 26.0. The van der Waals surface area contributed by atoms with Crippen molar-refractivity contribution in [3.05, 3.63) is 71.1 Å². The van der Waals surface area contributed by atoms with Crippen LogP contribution in [0.25, 0.3) is 0 Å². The van der Waals surface area contributed by atoms with E-state index in [1.807, 2.05) is 0 Å². The number of nitrogens with one attached hydrogen (secondary N) is 1. The van der Waals surface area contributed by atoms with E-state index in [9.17, 15) is 18.4 Å². The second kappa shape index (κ2) is 11.2. The van der Waals surface area contributed by atoms with Crippen molar-refractivity contribution in [2.45, 2.75) is 35.8 Å². The highest BCUT2D eigenvalue weighted by molar-refractivity contribution is 7.99. The summed E-state index contributed by atoms with van der Waals surface area (Å²) >= 11 is 7.18. The third-order valence-electron chi connectivity index (χ3n) is 4.94. The summed E-state index contributed by atoms with van der Waals surface area (Å²) in [5, 5.41) is 13.2. The number of likely N-dealkylation sites (N-methyl/N-ethyl adjacent to an activating group) is 1. The number of hydrogen-bond acceptors (Lipinski definition) is 8. The third kappa shape index (κ3) is 6.30. The molecule has 2 atom stereocenters. The van der Waals surface area contributed by atoms with Crippen LogP contribution in [0, 0.1) is 6.92 Å². The Balaban J connectivity index is 1.75. The first-order valence-corrected chi connectivity index (χ1v) is 13.0. The third-order valence-corrected chi connectivity index (χ3v) is 8.29. The molecule has 34 heavy (non-hydrogen) atoms. The van der Waals surface area contributed by atoms with E-state index in [1.54, 1.807) is 49.7 Å². The Morgan fingerprint density at radius 2 is 1.79 bits per heavy atom. The number of sulfonamides is 1. The van der Waals surface area contributed by atoms with Crippen LogP contribution in [0.2, 0.25) is 5.02 Å². The predicted octanol–water partition coefficient (Wildman–Crippen LogP) is 4.25. The Morgan fingerprint density at radius 3 is 2.32 bits per heavy atom. The van der Waals surface area contributed by atoms with E-state index in [0.29, 0.717) is 33.7 Å². The monoisotopic (exact) mass is 525 g/mol. The molecule has 0 fully saturated rings. The molecule has 0 spiro atoms. The minimum absolute atomic E-state index is 0.0291. The average Bonchev–Trinajstić information content (AvgIpc) is 3.24. The molecule has 1 aromatic heterocycles. The minimum atomic E-state index is -4.07. The Labute approximate surface area is 207 Å². The van der Waals surface area contributed by atoms with Gasteiger partial charge in [-0.2, -0.15) is 16.1 Å². The molecule has 0 saturated heterocycles. The molecule has 0 bridgehead atoms. The van der Waals surface area contributed by atoms with E-state index in [4.69, 9.17) is 20.9 Å². The quantitative estimate of drug-likeness (QED) is 0.297. The van der Waals surface area contributed by atoms with Crippen LogP contribution in [0.3, 0.4) is 0 Å². The second-order valence-electron chi connectivity index (χ2n) is 7.41. The van der Waals surface area contributed by atoms with Crippen LogP contribution in [0.1, 0.15) is 18.4 Å². The Bertz CT molecular complexity index is 1220. The van der Waals surface area contributed by atoms with Crippen molar-refractivity contribution in [2.24, 2.45) is 0 Å². The number of hydrogen-bond donors (Lipinski definition) is 2. The second-order valence-corrected chi connectivity index (χ2v) is 11.2. The molecule has 9 nitrogen and oxygen atoms in total. The highest BCUT2D eigenvalue weighted by Crippen LogP contribution is 2.28. The van der Waals surface area contributed by atoms with Gasteiger partial charge in [-0.05, 0) is 55.5 Å². The maximum Gasteiger partial charge on any atom is 0.262 e. The lowest BCUT2D eigenvalue weighted by atomic mass is 10.2. The number of thioether (sulfide) groups is 1. The van der Waals surface area contributed by atoms with Crippen LogP contribution in [-0.4, -0.2) is 47.3 Å². The van der Waals surface area contributed by atoms with Crippen LogP contribution >= 0.6 is 23.4 Å². The molecule has 0 aliphatic heterocycles. The number of carbonyl (C=O) groups is 1. The normalized spacial score (nSPS) is 13.5. The summed E-state index contributed by atoms with van der Waals surface area (Å²) in [5.74, 6) is 1.18. The number of amides is 1. The van der Waals surface area contributed by atoms with Crippen LogP contribution in [0.4, 0.5) is 0 Å². The van der Waals surface area contributed by atoms with Crippen molar-refractivity contribution in [3.8, 4) is 11.5 Å². The van der Waals surface area contributed by atoms with Gasteiger partial charge in [0.15, 0.2) is 0 Å². The van der Waals surface area contributed by atoms with Gasteiger partial charge in [0.1, 0.15) is 23.3 Å². The molecule has 0 radical (unpaired) electrons. The molecule has 12 heteroatoms. The summed E-state index contributed by atoms with van der Waals surface area (Å²) in [6, 6.07) is 13.1. The smallest absolute Gasteiger partial charge is 0.262 e. The van der Waals surface area contributed by atoms with E-state index in [2.05, 4.69) is 5.16 Å². The summed E-state index contributed by atoms with van der Waals surface area (Å²) in [7, 11) is -2.78. The number of carbonyl (C=O) groups excluding carboxylic acids is 1. The molecule has 2 unspecified atom stereocenters. The lowest BCUT2D eigenvalue weighted by Crippen LogP contribution is -2.51. The SMILES string of the molecule is Cc1cc(CSC(C)C(C(=O)NO)N(C)S(=O)(=O)c2ccc(Oc3ccc(Cl)cc3)cc2)no1. The molecule has 1 heterocycles. The molecular formula is C22H24ClN3O6S2. The van der Waals surface area contributed by atoms with Gasteiger partial charge in [-0.25, -0.2) is 13.9 Å². The van der Waals surface area contributed by atoms with Crippen LogP contribution in [-0.2, 0) is 20.6 Å². The Kier molecular flexibility index (Phi) is 8.61. The van der Waals surface area contributed by atoms with Gasteiger partial charge in [0.25, 0.3) is 5.91 Å². The number of hydroxylamine groups is 1.